The molecule has 1 N–H and O–H groups in total. The van der Waals surface area contributed by atoms with E-state index in [-0.39, 0.29) is 29.5 Å². The number of carbonyl (C=O) groups excluding carboxylic acids is 1. The normalized spacial score (nSPS) is 26.2. The van der Waals surface area contributed by atoms with E-state index in [2.05, 4.69) is 5.32 Å². The summed E-state index contributed by atoms with van der Waals surface area (Å²) in [4.78, 5) is 15.0. The largest absolute Gasteiger partial charge is 0.381 e. The van der Waals surface area contributed by atoms with Crippen LogP contribution in [0.2, 0.25) is 0 Å². The Morgan fingerprint density at radius 3 is 2.60 bits per heavy atom. The number of benzene rings is 1. The minimum absolute atomic E-state index is 0.0392. The summed E-state index contributed by atoms with van der Waals surface area (Å²) in [5.74, 6) is 0.0713. The third kappa shape index (κ3) is 3.59. The fraction of sp³-hybridized carbons (Fsp3) is 0.650. The van der Waals surface area contributed by atoms with Crippen molar-refractivity contribution in [1.82, 2.24) is 10.2 Å². The number of rotatable bonds is 6. The van der Waals surface area contributed by atoms with Crippen molar-refractivity contribution >= 4 is 5.91 Å². The van der Waals surface area contributed by atoms with Crippen LogP contribution in [-0.2, 0) is 14.3 Å². The molecule has 1 saturated carbocycles. The second-order valence-corrected chi connectivity index (χ2v) is 7.36. The molecule has 0 bridgehead atoms. The Balaban J connectivity index is 1.73. The zero-order valence-electron chi connectivity index (χ0n) is 15.5. The maximum absolute atomic E-state index is 13.1. The molecule has 3 atom stereocenters. The van der Waals surface area contributed by atoms with Gasteiger partial charge in [0.25, 0.3) is 0 Å². The van der Waals surface area contributed by atoms with Crippen molar-refractivity contribution in [3.8, 4) is 0 Å². The zero-order valence-corrected chi connectivity index (χ0v) is 15.5. The van der Waals surface area contributed by atoms with Gasteiger partial charge in [-0.15, -0.1) is 0 Å². The first-order valence-corrected chi connectivity index (χ1v) is 9.29. The number of nitrogens with zero attached hydrogens (tertiary/aromatic N) is 1. The average molecular weight is 346 g/mol. The fourth-order valence-corrected chi connectivity index (χ4v) is 4.38. The van der Waals surface area contributed by atoms with Crippen LogP contribution in [0.5, 0.6) is 0 Å². The number of nitrogens with one attached hydrogen (secondary N) is 1. The summed E-state index contributed by atoms with van der Waals surface area (Å²) in [6, 6.07) is 9.86. The molecule has 0 aromatic heterocycles. The van der Waals surface area contributed by atoms with Crippen molar-refractivity contribution in [2.24, 2.45) is 5.41 Å². The van der Waals surface area contributed by atoms with Gasteiger partial charge in [0.2, 0.25) is 5.91 Å². The number of carbonyl (C=O) groups is 1. The molecule has 1 amide bonds. The predicted molar refractivity (Wildman–Crippen MR) is 97.3 cm³/mol. The van der Waals surface area contributed by atoms with Crippen LogP contribution in [0.25, 0.3) is 0 Å². The van der Waals surface area contributed by atoms with E-state index in [9.17, 15) is 4.79 Å². The van der Waals surface area contributed by atoms with Crippen molar-refractivity contribution in [1.29, 1.82) is 0 Å². The van der Waals surface area contributed by atoms with Crippen LogP contribution >= 0.6 is 0 Å². The molecule has 5 heteroatoms. The molecular weight excluding hydrogens is 316 g/mol. The lowest BCUT2D eigenvalue weighted by Crippen LogP contribution is -2.67. The Morgan fingerprint density at radius 2 is 2.00 bits per heavy atom. The van der Waals surface area contributed by atoms with E-state index in [1.807, 2.05) is 56.3 Å². The van der Waals surface area contributed by atoms with Crippen LogP contribution < -0.4 is 5.32 Å². The number of ether oxygens (including phenoxy) is 2. The van der Waals surface area contributed by atoms with Gasteiger partial charge in [-0.3, -0.25) is 9.69 Å². The standard InChI is InChI=1S/C20H30N2O3/c1-4-25-17-14-16(20(17)10-12-24-13-11-20)21-19(23)18(22(2)3)15-8-6-5-7-9-15/h5-9,16-18H,4,10-14H2,1-3H3,(H,21,23). The van der Waals surface area contributed by atoms with E-state index in [1.165, 1.54) is 0 Å². The molecule has 0 radical (unpaired) electrons. The molecule has 25 heavy (non-hydrogen) atoms. The van der Waals surface area contributed by atoms with Gasteiger partial charge in [-0.05, 0) is 45.8 Å². The third-order valence-corrected chi connectivity index (χ3v) is 5.77. The quantitative estimate of drug-likeness (QED) is 0.859. The summed E-state index contributed by atoms with van der Waals surface area (Å²) < 4.78 is 11.5. The van der Waals surface area contributed by atoms with Gasteiger partial charge in [-0.25, -0.2) is 0 Å². The lowest BCUT2D eigenvalue weighted by molar-refractivity contribution is -0.176. The van der Waals surface area contributed by atoms with Gasteiger partial charge >= 0.3 is 0 Å². The molecular formula is C20H30N2O3. The van der Waals surface area contributed by atoms with Crippen LogP contribution in [0, 0.1) is 5.41 Å². The summed E-state index contributed by atoms with van der Waals surface area (Å²) in [7, 11) is 3.90. The Bertz CT molecular complexity index is 570. The number of hydrogen-bond acceptors (Lipinski definition) is 4. The maximum Gasteiger partial charge on any atom is 0.242 e. The van der Waals surface area contributed by atoms with Crippen LogP contribution in [0.1, 0.15) is 37.8 Å². The minimum Gasteiger partial charge on any atom is -0.381 e. The van der Waals surface area contributed by atoms with Gasteiger partial charge in [-0.1, -0.05) is 30.3 Å². The smallest absolute Gasteiger partial charge is 0.242 e. The molecule has 2 fully saturated rings. The van der Waals surface area contributed by atoms with Crippen LogP contribution in [0.4, 0.5) is 0 Å². The topological polar surface area (TPSA) is 50.8 Å². The molecule has 1 aliphatic carbocycles. The zero-order chi connectivity index (χ0) is 17.9. The average Bonchev–Trinajstić information content (AvgIpc) is 2.62. The molecule has 1 saturated heterocycles. The lowest BCUT2D eigenvalue weighted by atomic mass is 9.57. The van der Waals surface area contributed by atoms with Crippen molar-refractivity contribution in [2.75, 3.05) is 33.9 Å². The van der Waals surface area contributed by atoms with Gasteiger partial charge in [0.05, 0.1) is 6.10 Å². The Kier molecular flexibility index (Phi) is 5.77. The first-order chi connectivity index (χ1) is 12.1. The fourth-order valence-electron chi connectivity index (χ4n) is 4.38. The van der Waals surface area contributed by atoms with E-state index >= 15 is 0 Å². The SMILES string of the molecule is CCOC1CC(NC(=O)C(c2ccccc2)N(C)C)C12CCOCC2. The summed E-state index contributed by atoms with van der Waals surface area (Å²) in [6.07, 6.45) is 3.05. The van der Waals surface area contributed by atoms with Crippen molar-refractivity contribution in [3.05, 3.63) is 35.9 Å². The second-order valence-electron chi connectivity index (χ2n) is 7.36. The highest BCUT2D eigenvalue weighted by Gasteiger charge is 2.56. The summed E-state index contributed by atoms with van der Waals surface area (Å²) in [5, 5.41) is 3.33. The van der Waals surface area contributed by atoms with Gasteiger partial charge in [0, 0.05) is 31.3 Å². The van der Waals surface area contributed by atoms with Crippen LogP contribution in [0.3, 0.4) is 0 Å². The first kappa shape index (κ1) is 18.4. The van der Waals surface area contributed by atoms with Crippen LogP contribution in [-0.4, -0.2) is 56.9 Å². The molecule has 1 aromatic rings. The molecule has 3 rings (SSSR count). The van der Waals surface area contributed by atoms with Crippen LogP contribution in [0.15, 0.2) is 30.3 Å². The molecule has 1 heterocycles. The molecule has 1 spiro atoms. The van der Waals surface area contributed by atoms with Gasteiger partial charge in [0.15, 0.2) is 0 Å². The highest BCUT2D eigenvalue weighted by atomic mass is 16.5. The number of amides is 1. The molecule has 1 aromatic carbocycles. The third-order valence-electron chi connectivity index (χ3n) is 5.77. The Labute approximate surface area is 150 Å². The molecule has 3 unspecified atom stereocenters. The Morgan fingerprint density at radius 1 is 1.32 bits per heavy atom. The van der Waals surface area contributed by atoms with Crippen molar-refractivity contribution in [2.45, 2.75) is 44.4 Å². The number of hydrogen-bond donors (Lipinski definition) is 1. The van der Waals surface area contributed by atoms with E-state index in [0.717, 1.165) is 44.6 Å². The van der Waals surface area contributed by atoms with Gasteiger partial charge in [0.1, 0.15) is 6.04 Å². The molecule has 138 valence electrons. The summed E-state index contributed by atoms with van der Waals surface area (Å²) in [5.41, 5.74) is 1.06. The minimum atomic E-state index is -0.274. The van der Waals surface area contributed by atoms with Gasteiger partial charge < -0.3 is 14.8 Å². The van der Waals surface area contributed by atoms with E-state index in [1.54, 1.807) is 0 Å². The van der Waals surface area contributed by atoms with Crippen molar-refractivity contribution in [3.63, 3.8) is 0 Å². The lowest BCUT2D eigenvalue weighted by Gasteiger charge is -2.57. The van der Waals surface area contributed by atoms with Crippen molar-refractivity contribution < 1.29 is 14.3 Å². The predicted octanol–water partition coefficient (Wildman–Crippen LogP) is 2.38. The second kappa shape index (κ2) is 7.85. The van der Waals surface area contributed by atoms with E-state index in [4.69, 9.17) is 9.47 Å². The highest BCUT2D eigenvalue weighted by Crippen LogP contribution is 2.50. The maximum atomic E-state index is 13.1. The summed E-state index contributed by atoms with van der Waals surface area (Å²) >= 11 is 0. The van der Waals surface area contributed by atoms with Gasteiger partial charge in [-0.2, -0.15) is 0 Å². The molecule has 2 aliphatic rings. The Hall–Kier alpha value is -1.43. The molecule has 5 nitrogen and oxygen atoms in total. The monoisotopic (exact) mass is 346 g/mol. The highest BCUT2D eigenvalue weighted by molar-refractivity contribution is 5.83. The first-order valence-electron chi connectivity index (χ1n) is 9.29. The van der Waals surface area contributed by atoms with E-state index in [0.29, 0.717) is 0 Å². The summed E-state index contributed by atoms with van der Waals surface area (Å²) in [6.45, 7) is 4.27. The van der Waals surface area contributed by atoms with E-state index < -0.39 is 0 Å². The number of likely N-dealkylation sites (N-methyl/N-ethyl adjacent to an activating group) is 1. The molecule has 1 aliphatic heterocycles.